The van der Waals surface area contributed by atoms with Gasteiger partial charge in [0.1, 0.15) is 0 Å². The molecule has 0 unspecified atom stereocenters. The van der Waals surface area contributed by atoms with Crippen LogP contribution in [0.3, 0.4) is 0 Å². The van der Waals surface area contributed by atoms with E-state index in [1.54, 1.807) is 6.92 Å². The number of hydrogen-bond acceptors (Lipinski definition) is 2. The molecule has 4 rings (SSSR count). The minimum Gasteiger partial charge on any atom is -0.393 e. The van der Waals surface area contributed by atoms with Crippen LogP contribution < -0.4 is 0 Å². The summed E-state index contributed by atoms with van der Waals surface area (Å²) in [6, 6.07) is 0. The molecule has 0 amide bonds. The molecular weight excluding hydrogens is 296 g/mol. The zero-order valence-electron chi connectivity index (χ0n) is 18.5. The molecule has 8 atom stereocenters. The Bertz CT molecular complexity index is 640. The molecule has 0 saturated heterocycles. The van der Waals surface area contributed by atoms with Gasteiger partial charge in [-0.3, -0.25) is 0 Å². The van der Waals surface area contributed by atoms with Crippen molar-refractivity contribution in [3.05, 3.63) is 11.6 Å². The van der Waals surface area contributed by atoms with Crippen molar-refractivity contribution in [2.45, 2.75) is 90.7 Å². The molecule has 3 saturated carbocycles. The molecule has 3 fully saturated rings. The summed E-state index contributed by atoms with van der Waals surface area (Å²) >= 11 is 0. The predicted octanol–water partition coefficient (Wildman–Crippen LogP) is 4.70. The van der Waals surface area contributed by atoms with Crippen molar-refractivity contribution in [1.29, 1.82) is 0 Å². The topological polar surface area (TPSA) is 40.5 Å². The molecule has 2 nitrogen and oxygen atoms in total. The molecule has 0 bridgehead atoms. The van der Waals surface area contributed by atoms with Gasteiger partial charge in [0, 0.05) is 4.11 Å². The summed E-state index contributed by atoms with van der Waals surface area (Å²) < 4.78 is 23.7. The molecule has 0 aromatic carbocycles. The largest absolute Gasteiger partial charge is 0.393 e. The van der Waals surface area contributed by atoms with Crippen molar-refractivity contribution in [2.75, 3.05) is 0 Å². The Labute approximate surface area is 151 Å². The van der Waals surface area contributed by atoms with Gasteiger partial charge in [0.2, 0.25) is 0 Å². The van der Waals surface area contributed by atoms with Gasteiger partial charge >= 0.3 is 0 Å². The minimum atomic E-state index is -2.34. The summed E-state index contributed by atoms with van der Waals surface area (Å²) in [5.74, 6) is 1.57. The third kappa shape index (κ3) is 2.28. The zero-order chi connectivity index (χ0) is 19.8. The summed E-state index contributed by atoms with van der Waals surface area (Å²) in [6.45, 7) is 3.89. The van der Waals surface area contributed by atoms with Gasteiger partial charge in [-0.25, -0.2) is 0 Å². The highest BCUT2D eigenvalue weighted by Gasteiger charge is 2.60. The molecule has 0 heterocycles. The number of aliphatic hydroxyl groups excluding tert-OH is 1. The van der Waals surface area contributed by atoms with E-state index in [4.69, 9.17) is 4.11 Å². The van der Waals surface area contributed by atoms with E-state index < -0.39 is 12.5 Å². The third-order valence-corrected chi connectivity index (χ3v) is 8.76. The Morgan fingerprint density at radius 1 is 1.17 bits per heavy atom. The quantitative estimate of drug-likeness (QED) is 0.682. The van der Waals surface area contributed by atoms with Crippen LogP contribution in [-0.2, 0) is 0 Å². The molecule has 4 aliphatic rings. The van der Waals surface area contributed by atoms with Crippen LogP contribution in [0.5, 0.6) is 0 Å². The van der Waals surface area contributed by atoms with E-state index in [2.05, 4.69) is 19.9 Å². The minimum absolute atomic E-state index is 0.0883. The smallest absolute Gasteiger partial charge is 0.0625 e. The summed E-state index contributed by atoms with van der Waals surface area (Å²) in [6.07, 6.45) is 10.1. The van der Waals surface area contributed by atoms with Crippen LogP contribution in [0.1, 0.15) is 83.1 Å². The molecule has 4 aliphatic carbocycles. The maximum absolute atomic E-state index is 11.0. The average Bonchev–Trinajstić information content (AvgIpc) is 2.92. The van der Waals surface area contributed by atoms with Crippen molar-refractivity contribution in [2.24, 2.45) is 34.5 Å². The van der Waals surface area contributed by atoms with Crippen LogP contribution >= 0.6 is 0 Å². The zero-order valence-corrected chi connectivity index (χ0v) is 15.5. The fraction of sp³-hybridized carbons (Fsp3) is 0.909. The first-order valence-corrected chi connectivity index (χ1v) is 10.0. The Morgan fingerprint density at radius 2 is 1.96 bits per heavy atom. The summed E-state index contributed by atoms with van der Waals surface area (Å²) in [5, 5.41) is 21.1. The first-order valence-electron chi connectivity index (χ1n) is 11.5. The van der Waals surface area contributed by atoms with E-state index in [-0.39, 0.29) is 22.9 Å². The fourth-order valence-electron chi connectivity index (χ4n) is 7.57. The maximum Gasteiger partial charge on any atom is 0.0625 e. The summed E-state index contributed by atoms with van der Waals surface area (Å²) in [5.41, 5.74) is -0.0314. The van der Waals surface area contributed by atoms with Crippen molar-refractivity contribution in [1.82, 2.24) is 0 Å². The second-order valence-electron chi connectivity index (χ2n) is 9.98. The number of fused-ring (bicyclic) bond motifs is 5. The van der Waals surface area contributed by atoms with Gasteiger partial charge in [-0.15, -0.1) is 0 Å². The number of hydrogen-bond donors (Lipinski definition) is 2. The van der Waals surface area contributed by atoms with E-state index in [9.17, 15) is 10.2 Å². The lowest BCUT2D eigenvalue weighted by molar-refractivity contribution is -0.0948. The molecule has 0 spiro atoms. The van der Waals surface area contributed by atoms with Gasteiger partial charge in [-0.05, 0) is 99.6 Å². The molecule has 24 heavy (non-hydrogen) atoms. The van der Waals surface area contributed by atoms with Crippen LogP contribution in [0.4, 0.5) is 0 Å². The van der Waals surface area contributed by atoms with Crippen molar-refractivity contribution in [3.8, 4) is 0 Å². The third-order valence-electron chi connectivity index (χ3n) is 8.76. The first-order chi connectivity index (χ1) is 12.4. The van der Waals surface area contributed by atoms with E-state index in [1.165, 1.54) is 5.57 Å². The van der Waals surface area contributed by atoms with Gasteiger partial charge < -0.3 is 10.2 Å². The molecule has 0 aromatic heterocycles. The highest BCUT2D eigenvalue weighted by Crippen LogP contribution is 2.67. The van der Waals surface area contributed by atoms with Gasteiger partial charge in [-0.2, -0.15) is 0 Å². The van der Waals surface area contributed by atoms with Crippen LogP contribution in [-0.4, -0.2) is 21.9 Å². The molecule has 0 aliphatic heterocycles. The normalized spacial score (nSPS) is 55.8. The molecule has 0 aromatic rings. The van der Waals surface area contributed by atoms with Crippen LogP contribution in [0.2, 0.25) is 0 Å². The number of rotatable bonds is 1. The number of allylic oxidation sites excluding steroid dienone is 1. The lowest BCUT2D eigenvalue weighted by Gasteiger charge is -2.58. The molecule has 0 radical (unpaired) electrons. The van der Waals surface area contributed by atoms with Crippen LogP contribution in [0.25, 0.3) is 0 Å². The highest BCUT2D eigenvalue weighted by atomic mass is 16.3. The van der Waals surface area contributed by atoms with Gasteiger partial charge in [0.15, 0.2) is 0 Å². The lowest BCUT2D eigenvalue weighted by atomic mass is 9.47. The SMILES string of the molecule is [2H]C([2H])([2H])[C@](C)(O)[C@H]1CC[C@H]2[C@@H]3CC=C4C[C@@H](O)CC[C@]4(C)[C@H]3CC[C@@]21C. The lowest BCUT2D eigenvalue weighted by Crippen LogP contribution is -2.52. The van der Waals surface area contributed by atoms with Gasteiger partial charge in [0.25, 0.3) is 0 Å². The van der Waals surface area contributed by atoms with E-state index in [0.717, 1.165) is 51.4 Å². The molecular formula is C22H36O2. The Hall–Kier alpha value is -0.340. The standard InChI is InChI=1S/C22H36O2/c1-20(2,24)19-8-7-17-16-6-5-14-13-15(23)9-11-21(14,3)18(16)10-12-22(17,19)4/h5,15-19,23-24H,6-13H2,1-4H3/t15-,16-,17-,18-,19+,21-,22-/m0/s1/i1D3/t15-,16-,17-,18-,19+,20+,21-,22-. The van der Waals surface area contributed by atoms with Crippen LogP contribution in [0, 0.1) is 34.5 Å². The monoisotopic (exact) mass is 335 g/mol. The van der Waals surface area contributed by atoms with Crippen molar-refractivity contribution < 1.29 is 14.3 Å². The van der Waals surface area contributed by atoms with Gasteiger partial charge in [-0.1, -0.05) is 25.5 Å². The average molecular weight is 336 g/mol. The summed E-state index contributed by atoms with van der Waals surface area (Å²) in [7, 11) is 0. The van der Waals surface area contributed by atoms with Crippen LogP contribution in [0.15, 0.2) is 11.6 Å². The van der Waals surface area contributed by atoms with Gasteiger partial charge in [0.05, 0.1) is 11.7 Å². The first kappa shape index (κ1) is 13.8. The second kappa shape index (κ2) is 5.33. The Kier molecular flexibility index (Phi) is 3.07. The fourth-order valence-corrected chi connectivity index (χ4v) is 7.57. The number of aliphatic hydroxyl groups is 2. The van der Waals surface area contributed by atoms with E-state index in [1.807, 2.05) is 0 Å². The molecule has 136 valence electrons. The second-order valence-corrected chi connectivity index (χ2v) is 9.98. The molecule has 2 N–H and O–H groups in total. The molecule has 2 heteroatoms. The maximum atomic E-state index is 11.0. The predicted molar refractivity (Wildman–Crippen MR) is 97.5 cm³/mol. The van der Waals surface area contributed by atoms with Crippen molar-refractivity contribution in [3.63, 3.8) is 0 Å². The van der Waals surface area contributed by atoms with Crippen molar-refractivity contribution >= 4 is 0 Å². The van der Waals surface area contributed by atoms with E-state index >= 15 is 0 Å². The highest BCUT2D eigenvalue weighted by molar-refractivity contribution is 5.25. The Balaban J connectivity index is 1.65. The van der Waals surface area contributed by atoms with E-state index in [0.29, 0.717) is 17.8 Å². The summed E-state index contributed by atoms with van der Waals surface area (Å²) in [4.78, 5) is 0. The Morgan fingerprint density at radius 3 is 2.71 bits per heavy atom.